The maximum absolute atomic E-state index is 12.1. The molecule has 2 unspecified atom stereocenters. The molecule has 0 spiro atoms. The van der Waals surface area contributed by atoms with Crippen molar-refractivity contribution in [2.24, 2.45) is 0 Å². The number of rotatable bonds is 4. The lowest BCUT2D eigenvalue weighted by Crippen LogP contribution is -2.30. The normalized spacial score (nSPS) is 20.2. The van der Waals surface area contributed by atoms with E-state index in [1.54, 1.807) is 11.0 Å². The van der Waals surface area contributed by atoms with E-state index in [1.165, 1.54) is 6.33 Å². The molecule has 0 aliphatic carbocycles. The number of hydrogen-bond acceptors (Lipinski definition) is 5. The molecule has 2 atom stereocenters. The molecule has 104 valence electrons. The molecule has 0 N–H and O–H groups in total. The van der Waals surface area contributed by atoms with Gasteiger partial charge in [0.05, 0.1) is 6.54 Å². The number of nitrogens with zero attached hydrogens (tertiary/aromatic N) is 3. The van der Waals surface area contributed by atoms with Crippen molar-refractivity contribution in [3.8, 4) is 5.75 Å². The van der Waals surface area contributed by atoms with E-state index >= 15 is 0 Å². The summed E-state index contributed by atoms with van der Waals surface area (Å²) >= 11 is 0. The molecule has 0 radical (unpaired) electrons. The molecule has 0 saturated carbocycles. The molecule has 2 heterocycles. The van der Waals surface area contributed by atoms with E-state index in [1.807, 2.05) is 31.2 Å². The summed E-state index contributed by atoms with van der Waals surface area (Å²) in [6, 6.07) is 7.68. The van der Waals surface area contributed by atoms with E-state index in [9.17, 15) is 4.79 Å². The molecular formula is C14H15N3O3. The second-order valence-electron chi connectivity index (χ2n) is 4.69. The minimum Gasteiger partial charge on any atom is -0.478 e. The van der Waals surface area contributed by atoms with Crippen molar-refractivity contribution in [2.75, 3.05) is 6.61 Å². The van der Waals surface area contributed by atoms with Crippen molar-refractivity contribution in [3.63, 3.8) is 0 Å². The second kappa shape index (κ2) is 5.32. The first kappa shape index (κ1) is 12.7. The predicted octanol–water partition coefficient (Wildman–Crippen LogP) is 1.39. The number of para-hydroxylation sites is 1. The minimum absolute atomic E-state index is 0.00469. The number of carbonyl (C=O) groups excluding carboxylic acids is 1. The van der Waals surface area contributed by atoms with Crippen LogP contribution in [0.3, 0.4) is 0 Å². The van der Waals surface area contributed by atoms with E-state index in [2.05, 4.69) is 10.1 Å². The Labute approximate surface area is 116 Å². The number of fused-ring (bicyclic) bond motifs is 1. The lowest BCUT2D eigenvalue weighted by atomic mass is 9.98. The Bertz CT molecular complexity index is 597. The first-order valence-electron chi connectivity index (χ1n) is 6.50. The van der Waals surface area contributed by atoms with Crippen LogP contribution >= 0.6 is 0 Å². The summed E-state index contributed by atoms with van der Waals surface area (Å²) < 4.78 is 12.5. The van der Waals surface area contributed by atoms with Crippen LogP contribution in [0.4, 0.5) is 0 Å². The van der Waals surface area contributed by atoms with Crippen LogP contribution in [-0.2, 0) is 16.1 Å². The average Bonchev–Trinajstić information content (AvgIpc) is 3.08. The van der Waals surface area contributed by atoms with Crippen LogP contribution in [0.1, 0.15) is 18.4 Å². The van der Waals surface area contributed by atoms with Crippen molar-refractivity contribution < 1.29 is 14.3 Å². The lowest BCUT2D eigenvalue weighted by molar-refractivity contribution is -0.152. The monoisotopic (exact) mass is 273 g/mol. The van der Waals surface area contributed by atoms with E-state index in [-0.39, 0.29) is 18.5 Å². The van der Waals surface area contributed by atoms with Crippen LogP contribution in [0.2, 0.25) is 0 Å². The molecule has 0 bridgehead atoms. The summed E-state index contributed by atoms with van der Waals surface area (Å²) in [6.45, 7) is 2.71. The van der Waals surface area contributed by atoms with Crippen LogP contribution in [0.25, 0.3) is 0 Å². The van der Waals surface area contributed by atoms with Crippen molar-refractivity contribution in [3.05, 3.63) is 42.5 Å². The van der Waals surface area contributed by atoms with Gasteiger partial charge in [-0.3, -0.25) is 0 Å². The molecule has 1 aromatic carbocycles. The van der Waals surface area contributed by atoms with Gasteiger partial charge in [-0.1, -0.05) is 25.1 Å². The van der Waals surface area contributed by atoms with Gasteiger partial charge >= 0.3 is 5.97 Å². The molecule has 6 heteroatoms. The molecule has 3 rings (SSSR count). The minimum atomic E-state index is -0.567. The summed E-state index contributed by atoms with van der Waals surface area (Å²) in [7, 11) is 0. The van der Waals surface area contributed by atoms with E-state index < -0.39 is 6.10 Å². The molecule has 6 nitrogen and oxygen atoms in total. The number of aromatic nitrogens is 3. The Morgan fingerprint density at radius 2 is 2.30 bits per heavy atom. The van der Waals surface area contributed by atoms with Crippen molar-refractivity contribution in [1.29, 1.82) is 0 Å². The van der Waals surface area contributed by atoms with Gasteiger partial charge in [0.2, 0.25) is 6.10 Å². The highest BCUT2D eigenvalue weighted by molar-refractivity contribution is 5.78. The molecular weight excluding hydrogens is 258 g/mol. The number of ether oxygens (including phenoxy) is 2. The van der Waals surface area contributed by atoms with E-state index in [0.717, 1.165) is 11.3 Å². The Kier molecular flexibility index (Phi) is 3.37. The van der Waals surface area contributed by atoms with Crippen molar-refractivity contribution in [2.45, 2.75) is 25.5 Å². The molecule has 0 saturated heterocycles. The highest BCUT2D eigenvalue weighted by Crippen LogP contribution is 2.37. The van der Waals surface area contributed by atoms with Crippen LogP contribution in [0, 0.1) is 0 Å². The highest BCUT2D eigenvalue weighted by atomic mass is 16.6. The topological polar surface area (TPSA) is 66.2 Å². The number of carbonyl (C=O) groups is 1. The van der Waals surface area contributed by atoms with Gasteiger partial charge in [0.25, 0.3) is 0 Å². The van der Waals surface area contributed by atoms with Gasteiger partial charge in [-0.05, 0) is 6.07 Å². The maximum atomic E-state index is 12.1. The number of esters is 1. The zero-order valence-electron chi connectivity index (χ0n) is 11.1. The van der Waals surface area contributed by atoms with Gasteiger partial charge in [0.15, 0.2) is 0 Å². The molecule has 2 aromatic rings. The summed E-state index contributed by atoms with van der Waals surface area (Å²) in [6.07, 6.45) is 2.46. The van der Waals surface area contributed by atoms with Crippen LogP contribution in [0.5, 0.6) is 5.75 Å². The standard InChI is InChI=1S/C14H15N3O3/c1-10-11-4-2-3-5-12(11)20-13(10)14(18)19-7-6-17-9-15-8-16-17/h2-5,8-10,13H,6-7H2,1H3. The molecule has 20 heavy (non-hydrogen) atoms. The molecule has 0 fully saturated rings. The fraction of sp³-hybridized carbons (Fsp3) is 0.357. The zero-order valence-corrected chi connectivity index (χ0v) is 11.1. The van der Waals surface area contributed by atoms with Crippen molar-refractivity contribution in [1.82, 2.24) is 14.8 Å². The second-order valence-corrected chi connectivity index (χ2v) is 4.69. The van der Waals surface area contributed by atoms with Gasteiger partial charge in [-0.2, -0.15) is 5.10 Å². The maximum Gasteiger partial charge on any atom is 0.348 e. The smallest absolute Gasteiger partial charge is 0.348 e. The van der Waals surface area contributed by atoms with Crippen LogP contribution in [0.15, 0.2) is 36.9 Å². The fourth-order valence-corrected chi connectivity index (χ4v) is 2.29. The number of benzene rings is 1. The van der Waals surface area contributed by atoms with Gasteiger partial charge in [-0.25, -0.2) is 14.5 Å². The summed E-state index contributed by atoms with van der Waals surface area (Å²) in [5.41, 5.74) is 1.05. The van der Waals surface area contributed by atoms with E-state index in [4.69, 9.17) is 9.47 Å². The van der Waals surface area contributed by atoms with Gasteiger partial charge in [0.1, 0.15) is 25.0 Å². The van der Waals surface area contributed by atoms with E-state index in [0.29, 0.717) is 6.54 Å². The Hall–Kier alpha value is -2.37. The van der Waals surface area contributed by atoms with Crippen LogP contribution < -0.4 is 4.74 Å². The molecule has 1 aliphatic heterocycles. The summed E-state index contributed by atoms with van der Waals surface area (Å²) in [5, 5.41) is 3.94. The quantitative estimate of drug-likeness (QED) is 0.787. The lowest BCUT2D eigenvalue weighted by Gasteiger charge is -2.14. The Balaban J connectivity index is 1.56. The summed E-state index contributed by atoms with van der Waals surface area (Å²) in [4.78, 5) is 15.9. The van der Waals surface area contributed by atoms with Crippen molar-refractivity contribution >= 4 is 5.97 Å². The number of hydrogen-bond donors (Lipinski definition) is 0. The average molecular weight is 273 g/mol. The first-order chi connectivity index (χ1) is 9.75. The van der Waals surface area contributed by atoms with Gasteiger partial charge < -0.3 is 9.47 Å². The third-order valence-corrected chi connectivity index (χ3v) is 3.38. The zero-order chi connectivity index (χ0) is 13.9. The predicted molar refractivity (Wildman–Crippen MR) is 70.3 cm³/mol. The highest BCUT2D eigenvalue weighted by Gasteiger charge is 2.37. The fourth-order valence-electron chi connectivity index (χ4n) is 2.29. The third kappa shape index (κ3) is 2.36. The molecule has 0 amide bonds. The first-order valence-corrected chi connectivity index (χ1v) is 6.50. The molecule has 1 aromatic heterocycles. The van der Waals surface area contributed by atoms with Crippen LogP contribution in [-0.4, -0.2) is 33.4 Å². The Morgan fingerprint density at radius 3 is 3.05 bits per heavy atom. The molecule has 1 aliphatic rings. The Morgan fingerprint density at radius 1 is 1.45 bits per heavy atom. The van der Waals surface area contributed by atoms with Gasteiger partial charge in [0, 0.05) is 11.5 Å². The largest absolute Gasteiger partial charge is 0.478 e. The SMILES string of the molecule is CC1c2ccccc2OC1C(=O)OCCn1cncn1. The third-order valence-electron chi connectivity index (χ3n) is 3.38. The summed E-state index contributed by atoms with van der Waals surface area (Å²) in [5.74, 6) is 0.428. The van der Waals surface area contributed by atoms with Gasteiger partial charge in [-0.15, -0.1) is 0 Å².